The van der Waals surface area contributed by atoms with Gasteiger partial charge in [-0.1, -0.05) is 35.9 Å². The molecule has 4 rings (SSSR count). The number of rotatable bonds is 7. The first-order valence-corrected chi connectivity index (χ1v) is 13.1. The van der Waals surface area contributed by atoms with Crippen LogP contribution in [0.4, 0.5) is 11.4 Å². The molecule has 3 aromatic rings. The fourth-order valence-corrected chi connectivity index (χ4v) is 5.76. The normalized spacial score (nSPS) is 14.0. The molecule has 0 bridgehead atoms. The third kappa shape index (κ3) is 5.55. The Morgan fingerprint density at radius 1 is 0.971 bits per heavy atom. The van der Waals surface area contributed by atoms with Crippen LogP contribution in [0.25, 0.3) is 0 Å². The van der Waals surface area contributed by atoms with Gasteiger partial charge in [-0.15, -0.1) is 0 Å². The van der Waals surface area contributed by atoms with Gasteiger partial charge in [-0.05, 0) is 61.0 Å². The van der Waals surface area contributed by atoms with Crippen LogP contribution in [0.2, 0.25) is 5.02 Å². The molecule has 0 saturated carbocycles. The highest BCUT2D eigenvalue weighted by molar-refractivity contribution is 7.92. The van der Waals surface area contributed by atoms with Crippen molar-refractivity contribution < 1.29 is 17.9 Å². The maximum Gasteiger partial charge on any atom is 0.264 e. The Morgan fingerprint density at radius 2 is 1.63 bits per heavy atom. The molecule has 1 saturated heterocycles. The number of ether oxygens (including phenoxy) is 1. The zero-order valence-corrected chi connectivity index (χ0v) is 21.3. The third-order valence-electron chi connectivity index (χ3n) is 6.12. The van der Waals surface area contributed by atoms with E-state index in [0.717, 1.165) is 11.4 Å². The number of aryl methyl sites for hydroxylation is 1. The van der Waals surface area contributed by atoms with Gasteiger partial charge in [0.25, 0.3) is 10.0 Å². The van der Waals surface area contributed by atoms with Crippen molar-refractivity contribution in [1.29, 1.82) is 0 Å². The molecule has 0 N–H and O–H groups in total. The van der Waals surface area contributed by atoms with Gasteiger partial charge in [0.1, 0.15) is 12.3 Å². The maximum atomic E-state index is 13.6. The number of anilines is 2. The second kappa shape index (κ2) is 10.6. The maximum absolute atomic E-state index is 13.6. The van der Waals surface area contributed by atoms with Crippen LogP contribution in [0.1, 0.15) is 5.56 Å². The van der Waals surface area contributed by atoms with Gasteiger partial charge in [-0.3, -0.25) is 9.10 Å². The van der Waals surface area contributed by atoms with Crippen molar-refractivity contribution in [2.75, 3.05) is 49.0 Å². The van der Waals surface area contributed by atoms with Crippen LogP contribution < -0.4 is 13.9 Å². The number of piperazine rings is 1. The molecule has 0 aromatic heterocycles. The van der Waals surface area contributed by atoms with Crippen molar-refractivity contribution in [1.82, 2.24) is 4.90 Å². The minimum Gasteiger partial charge on any atom is -0.497 e. The van der Waals surface area contributed by atoms with Crippen LogP contribution in [-0.4, -0.2) is 59.1 Å². The van der Waals surface area contributed by atoms with Crippen LogP contribution in [0, 0.1) is 6.92 Å². The first-order chi connectivity index (χ1) is 16.8. The van der Waals surface area contributed by atoms with E-state index < -0.39 is 10.0 Å². The van der Waals surface area contributed by atoms with Gasteiger partial charge in [0.15, 0.2) is 0 Å². The molecule has 1 aliphatic rings. The van der Waals surface area contributed by atoms with E-state index in [1.807, 2.05) is 24.3 Å². The van der Waals surface area contributed by atoms with Gasteiger partial charge in [0.2, 0.25) is 5.91 Å². The highest BCUT2D eigenvalue weighted by Gasteiger charge is 2.31. The summed E-state index contributed by atoms with van der Waals surface area (Å²) in [5, 5.41) is 0.402. The smallest absolute Gasteiger partial charge is 0.264 e. The van der Waals surface area contributed by atoms with E-state index in [1.165, 1.54) is 16.4 Å². The number of methoxy groups -OCH3 is 1. The van der Waals surface area contributed by atoms with Crippen LogP contribution in [0.15, 0.2) is 77.7 Å². The lowest BCUT2D eigenvalue weighted by molar-refractivity contribution is -0.129. The summed E-state index contributed by atoms with van der Waals surface area (Å²) in [5.41, 5.74) is 2.17. The molecule has 9 heteroatoms. The lowest BCUT2D eigenvalue weighted by Crippen LogP contribution is -2.52. The van der Waals surface area contributed by atoms with Gasteiger partial charge >= 0.3 is 0 Å². The number of hydrogen-bond acceptors (Lipinski definition) is 5. The van der Waals surface area contributed by atoms with Crippen molar-refractivity contribution in [3.05, 3.63) is 83.4 Å². The van der Waals surface area contributed by atoms with Gasteiger partial charge in [-0.25, -0.2) is 8.42 Å². The number of carbonyl (C=O) groups excluding carboxylic acids is 1. The minimum atomic E-state index is -3.98. The average molecular weight is 514 g/mol. The Morgan fingerprint density at radius 3 is 2.26 bits per heavy atom. The molecule has 1 amide bonds. The number of halogens is 1. The summed E-state index contributed by atoms with van der Waals surface area (Å²) in [4.78, 5) is 17.4. The zero-order chi connectivity index (χ0) is 25.0. The third-order valence-corrected chi connectivity index (χ3v) is 8.13. The summed E-state index contributed by atoms with van der Waals surface area (Å²) < 4.78 is 33.6. The monoisotopic (exact) mass is 513 g/mol. The molecule has 0 spiro atoms. The average Bonchev–Trinajstić information content (AvgIpc) is 2.89. The number of amides is 1. The van der Waals surface area contributed by atoms with E-state index >= 15 is 0 Å². The molecule has 1 heterocycles. The van der Waals surface area contributed by atoms with Crippen LogP contribution in [-0.2, 0) is 14.8 Å². The van der Waals surface area contributed by atoms with Crippen LogP contribution in [0.3, 0.4) is 0 Å². The second-order valence-electron chi connectivity index (χ2n) is 8.32. The highest BCUT2D eigenvalue weighted by Crippen LogP contribution is 2.30. The molecule has 0 radical (unpaired) electrons. The molecular formula is C26H28ClN3O4S. The fraction of sp³-hybridized carbons (Fsp3) is 0.269. The number of benzene rings is 3. The van der Waals surface area contributed by atoms with E-state index in [4.69, 9.17) is 16.3 Å². The molecule has 1 fully saturated rings. The first-order valence-electron chi connectivity index (χ1n) is 11.3. The Hall–Kier alpha value is -3.23. The van der Waals surface area contributed by atoms with E-state index in [-0.39, 0.29) is 17.3 Å². The summed E-state index contributed by atoms with van der Waals surface area (Å²) in [5.74, 6) is 0.539. The number of hydrogen-bond donors (Lipinski definition) is 0. The van der Waals surface area contributed by atoms with Crippen LogP contribution in [0.5, 0.6) is 5.75 Å². The molecule has 3 aromatic carbocycles. The standard InChI is InChI=1S/C26H28ClN3O4S/c1-20-8-9-21(27)18-25(20)30(35(32,33)24-6-4-3-5-7-24)19-26(31)29-16-14-28(15-17-29)22-10-12-23(34-2)13-11-22/h3-13,18H,14-17,19H2,1-2H3. The lowest BCUT2D eigenvalue weighted by Gasteiger charge is -2.37. The molecule has 0 atom stereocenters. The predicted octanol–water partition coefficient (Wildman–Crippen LogP) is 4.20. The van der Waals surface area contributed by atoms with Gasteiger partial charge in [0, 0.05) is 36.9 Å². The Bertz CT molecular complexity index is 1280. The predicted molar refractivity (Wildman–Crippen MR) is 139 cm³/mol. The van der Waals surface area contributed by atoms with Gasteiger partial charge in [0.05, 0.1) is 17.7 Å². The van der Waals surface area contributed by atoms with Crippen molar-refractivity contribution >= 4 is 38.9 Å². The summed E-state index contributed by atoms with van der Waals surface area (Å²) in [6, 6.07) is 21.0. The topological polar surface area (TPSA) is 70.2 Å². The minimum absolute atomic E-state index is 0.122. The molecule has 0 aliphatic carbocycles. The molecule has 1 aliphatic heterocycles. The zero-order valence-electron chi connectivity index (χ0n) is 19.7. The van der Waals surface area contributed by atoms with Crippen molar-refractivity contribution in [2.45, 2.75) is 11.8 Å². The first kappa shape index (κ1) is 24.9. The molecule has 0 unspecified atom stereocenters. The molecular weight excluding hydrogens is 486 g/mol. The van der Waals surface area contributed by atoms with E-state index in [2.05, 4.69) is 4.90 Å². The summed E-state index contributed by atoms with van der Waals surface area (Å²) in [6.07, 6.45) is 0. The number of nitrogens with zero attached hydrogens (tertiary/aromatic N) is 3. The van der Waals surface area contributed by atoms with Crippen molar-refractivity contribution in [3.8, 4) is 5.75 Å². The quantitative estimate of drug-likeness (QED) is 0.473. The SMILES string of the molecule is COc1ccc(N2CCN(C(=O)CN(c3cc(Cl)ccc3C)S(=O)(=O)c3ccccc3)CC2)cc1. The number of sulfonamides is 1. The fourth-order valence-electron chi connectivity index (χ4n) is 4.10. The van der Waals surface area contributed by atoms with Crippen molar-refractivity contribution in [3.63, 3.8) is 0 Å². The van der Waals surface area contributed by atoms with E-state index in [9.17, 15) is 13.2 Å². The summed E-state index contributed by atoms with van der Waals surface area (Å²) in [6.45, 7) is 3.80. The largest absolute Gasteiger partial charge is 0.497 e. The second-order valence-corrected chi connectivity index (χ2v) is 10.6. The van der Waals surface area contributed by atoms with Gasteiger partial charge in [-0.2, -0.15) is 0 Å². The Balaban J connectivity index is 1.53. The Kier molecular flexibility index (Phi) is 7.52. The summed E-state index contributed by atoms with van der Waals surface area (Å²) >= 11 is 6.21. The van der Waals surface area contributed by atoms with Gasteiger partial charge < -0.3 is 14.5 Å². The molecule has 184 valence electrons. The number of carbonyl (C=O) groups is 1. The highest BCUT2D eigenvalue weighted by atomic mass is 35.5. The van der Waals surface area contributed by atoms with E-state index in [1.54, 1.807) is 55.3 Å². The van der Waals surface area contributed by atoms with E-state index in [0.29, 0.717) is 42.5 Å². The summed E-state index contributed by atoms with van der Waals surface area (Å²) in [7, 11) is -2.35. The van der Waals surface area contributed by atoms with Crippen molar-refractivity contribution in [2.24, 2.45) is 0 Å². The molecule has 35 heavy (non-hydrogen) atoms. The van der Waals surface area contributed by atoms with Crippen LogP contribution >= 0.6 is 11.6 Å². The lowest BCUT2D eigenvalue weighted by atomic mass is 10.2. The Labute approximate surface area is 211 Å². The molecule has 7 nitrogen and oxygen atoms in total.